The lowest BCUT2D eigenvalue weighted by Gasteiger charge is -2.08. The van der Waals surface area contributed by atoms with Gasteiger partial charge in [-0.25, -0.2) is 4.68 Å². The number of hydrogen-bond acceptors (Lipinski definition) is 3. The lowest BCUT2D eigenvalue weighted by Crippen LogP contribution is -2.01. The van der Waals surface area contributed by atoms with Gasteiger partial charge in [-0.1, -0.05) is 36.4 Å². The molecule has 4 nitrogen and oxygen atoms in total. The van der Waals surface area contributed by atoms with E-state index in [1.54, 1.807) is 0 Å². The van der Waals surface area contributed by atoms with Crippen LogP contribution in [0, 0.1) is 0 Å². The quantitative estimate of drug-likeness (QED) is 0.781. The van der Waals surface area contributed by atoms with Gasteiger partial charge in [0, 0.05) is 11.8 Å². The highest BCUT2D eigenvalue weighted by Gasteiger charge is 2.05. The van der Waals surface area contributed by atoms with Gasteiger partial charge in [-0.3, -0.25) is 0 Å². The van der Waals surface area contributed by atoms with E-state index in [1.165, 1.54) is 0 Å². The lowest BCUT2D eigenvalue weighted by molar-refractivity contribution is 0.257. The second-order valence-electron chi connectivity index (χ2n) is 4.64. The van der Waals surface area contributed by atoms with Crippen LogP contribution in [-0.2, 0) is 13.2 Å². The molecule has 1 N–H and O–H groups in total. The Labute approximate surface area is 123 Å². The fraction of sp³-hybridized carbons (Fsp3) is 0.118. The van der Waals surface area contributed by atoms with Gasteiger partial charge >= 0.3 is 0 Å². The van der Waals surface area contributed by atoms with E-state index in [-0.39, 0.29) is 6.61 Å². The molecule has 3 aromatic rings. The monoisotopic (exact) mass is 280 g/mol. The van der Waals surface area contributed by atoms with Crippen molar-refractivity contribution >= 4 is 0 Å². The number of hydrogen-bond donors (Lipinski definition) is 1. The Morgan fingerprint density at radius 2 is 1.71 bits per heavy atom. The Hall–Kier alpha value is -2.59. The summed E-state index contributed by atoms with van der Waals surface area (Å²) in [5, 5.41) is 13.7. The third-order valence-corrected chi connectivity index (χ3v) is 3.18. The SMILES string of the molecule is OCc1ccccc1OCc1ccn(-c2ccccc2)n1. The predicted molar refractivity (Wildman–Crippen MR) is 80.3 cm³/mol. The molecule has 0 amide bonds. The first-order chi connectivity index (χ1) is 10.4. The van der Waals surface area contributed by atoms with Gasteiger partial charge in [-0.2, -0.15) is 5.10 Å². The summed E-state index contributed by atoms with van der Waals surface area (Å²) in [5.74, 6) is 0.689. The van der Waals surface area contributed by atoms with Gasteiger partial charge in [0.25, 0.3) is 0 Å². The van der Waals surface area contributed by atoms with E-state index in [0.29, 0.717) is 12.4 Å². The van der Waals surface area contributed by atoms with Gasteiger partial charge in [0.2, 0.25) is 0 Å². The number of aliphatic hydroxyl groups is 1. The number of rotatable bonds is 5. The molecule has 1 heterocycles. The molecule has 0 fully saturated rings. The van der Waals surface area contributed by atoms with Crippen molar-refractivity contribution in [3.8, 4) is 11.4 Å². The van der Waals surface area contributed by atoms with Crippen LogP contribution >= 0.6 is 0 Å². The smallest absolute Gasteiger partial charge is 0.132 e. The molecule has 0 aliphatic carbocycles. The fourth-order valence-corrected chi connectivity index (χ4v) is 2.09. The molecular weight excluding hydrogens is 264 g/mol. The summed E-state index contributed by atoms with van der Waals surface area (Å²) in [6, 6.07) is 19.3. The molecule has 2 aromatic carbocycles. The van der Waals surface area contributed by atoms with Gasteiger partial charge in [0.15, 0.2) is 0 Å². The zero-order valence-corrected chi connectivity index (χ0v) is 11.5. The molecule has 106 valence electrons. The summed E-state index contributed by atoms with van der Waals surface area (Å²) >= 11 is 0. The van der Waals surface area contributed by atoms with E-state index in [9.17, 15) is 5.11 Å². The highest BCUT2D eigenvalue weighted by atomic mass is 16.5. The summed E-state index contributed by atoms with van der Waals surface area (Å²) in [6.45, 7) is 0.339. The Morgan fingerprint density at radius 3 is 2.52 bits per heavy atom. The molecule has 0 spiro atoms. The molecule has 1 aromatic heterocycles. The molecule has 21 heavy (non-hydrogen) atoms. The number of nitrogens with zero attached hydrogens (tertiary/aromatic N) is 2. The number of benzene rings is 2. The molecule has 4 heteroatoms. The highest BCUT2D eigenvalue weighted by Crippen LogP contribution is 2.19. The summed E-state index contributed by atoms with van der Waals surface area (Å²) in [7, 11) is 0. The van der Waals surface area contributed by atoms with Crippen molar-refractivity contribution in [1.29, 1.82) is 0 Å². The van der Waals surface area contributed by atoms with Crippen LogP contribution in [0.3, 0.4) is 0 Å². The lowest BCUT2D eigenvalue weighted by atomic mass is 10.2. The normalized spacial score (nSPS) is 10.5. The van der Waals surface area contributed by atoms with Gasteiger partial charge < -0.3 is 9.84 Å². The van der Waals surface area contributed by atoms with E-state index < -0.39 is 0 Å². The highest BCUT2D eigenvalue weighted by molar-refractivity contribution is 5.33. The maximum atomic E-state index is 9.27. The van der Waals surface area contributed by atoms with E-state index in [4.69, 9.17) is 4.74 Å². The van der Waals surface area contributed by atoms with E-state index in [0.717, 1.165) is 16.9 Å². The minimum absolute atomic E-state index is 0.0331. The van der Waals surface area contributed by atoms with Crippen molar-refractivity contribution in [1.82, 2.24) is 9.78 Å². The number of para-hydroxylation sites is 2. The summed E-state index contributed by atoms with van der Waals surface area (Å²) < 4.78 is 7.54. The Kier molecular flexibility index (Phi) is 3.98. The maximum absolute atomic E-state index is 9.27. The van der Waals surface area contributed by atoms with Crippen LogP contribution in [0.5, 0.6) is 5.75 Å². The zero-order valence-electron chi connectivity index (χ0n) is 11.5. The van der Waals surface area contributed by atoms with E-state index in [2.05, 4.69) is 5.10 Å². The van der Waals surface area contributed by atoms with Gasteiger partial charge in [-0.05, 0) is 24.3 Å². The van der Waals surface area contributed by atoms with Crippen molar-refractivity contribution in [2.24, 2.45) is 0 Å². The van der Waals surface area contributed by atoms with Crippen LogP contribution in [0.15, 0.2) is 66.9 Å². The van der Waals surface area contributed by atoms with E-state index in [1.807, 2.05) is 71.5 Å². The minimum Gasteiger partial charge on any atom is -0.487 e. The molecule has 0 radical (unpaired) electrons. The summed E-state index contributed by atoms with van der Waals surface area (Å²) in [4.78, 5) is 0. The Balaban J connectivity index is 1.71. The molecule has 0 aliphatic heterocycles. The van der Waals surface area contributed by atoms with Crippen LogP contribution in [0.25, 0.3) is 5.69 Å². The fourth-order valence-electron chi connectivity index (χ4n) is 2.09. The van der Waals surface area contributed by atoms with E-state index >= 15 is 0 Å². The molecule has 0 saturated heterocycles. The van der Waals surface area contributed by atoms with Gasteiger partial charge in [0.1, 0.15) is 18.1 Å². The third-order valence-electron chi connectivity index (χ3n) is 3.18. The van der Waals surface area contributed by atoms with Crippen LogP contribution < -0.4 is 4.74 Å². The third kappa shape index (κ3) is 3.12. The second-order valence-corrected chi connectivity index (χ2v) is 4.64. The Bertz CT molecular complexity index is 708. The van der Waals surface area contributed by atoms with Gasteiger partial charge in [-0.15, -0.1) is 0 Å². The molecular formula is C17H16N2O2. The van der Waals surface area contributed by atoms with Crippen molar-refractivity contribution in [2.75, 3.05) is 0 Å². The molecule has 0 aliphatic rings. The average Bonchev–Trinajstić information content (AvgIpc) is 3.03. The van der Waals surface area contributed by atoms with Gasteiger partial charge in [0.05, 0.1) is 12.3 Å². The predicted octanol–water partition coefficient (Wildman–Crippen LogP) is 2.94. The standard InChI is InChI=1S/C17H16N2O2/c20-12-14-6-4-5-9-17(14)21-13-15-10-11-19(18-15)16-7-2-1-3-8-16/h1-11,20H,12-13H2. The van der Waals surface area contributed by atoms with Crippen LogP contribution in [0.2, 0.25) is 0 Å². The topological polar surface area (TPSA) is 47.3 Å². The maximum Gasteiger partial charge on any atom is 0.132 e. The number of aliphatic hydroxyl groups excluding tert-OH is 1. The number of ether oxygens (including phenoxy) is 1. The second kappa shape index (κ2) is 6.24. The molecule has 0 unspecified atom stereocenters. The van der Waals surface area contributed by atoms with Crippen LogP contribution in [0.4, 0.5) is 0 Å². The minimum atomic E-state index is -0.0331. The van der Waals surface area contributed by atoms with Crippen molar-refractivity contribution in [2.45, 2.75) is 13.2 Å². The van der Waals surface area contributed by atoms with Crippen LogP contribution in [-0.4, -0.2) is 14.9 Å². The molecule has 0 atom stereocenters. The first-order valence-corrected chi connectivity index (χ1v) is 6.78. The molecule has 0 bridgehead atoms. The van der Waals surface area contributed by atoms with Crippen molar-refractivity contribution in [3.63, 3.8) is 0 Å². The first kappa shape index (κ1) is 13.4. The van der Waals surface area contributed by atoms with Crippen molar-refractivity contribution in [3.05, 3.63) is 78.1 Å². The summed E-state index contributed by atoms with van der Waals surface area (Å²) in [5.41, 5.74) is 2.63. The number of aromatic nitrogens is 2. The molecule has 0 saturated carbocycles. The molecule has 3 rings (SSSR count). The zero-order chi connectivity index (χ0) is 14.5. The van der Waals surface area contributed by atoms with Crippen molar-refractivity contribution < 1.29 is 9.84 Å². The summed E-state index contributed by atoms with van der Waals surface area (Å²) in [6.07, 6.45) is 1.91. The first-order valence-electron chi connectivity index (χ1n) is 6.78. The Morgan fingerprint density at radius 1 is 0.952 bits per heavy atom. The average molecular weight is 280 g/mol. The van der Waals surface area contributed by atoms with Crippen LogP contribution in [0.1, 0.15) is 11.3 Å². The largest absolute Gasteiger partial charge is 0.487 e.